The van der Waals surface area contributed by atoms with Crippen LogP contribution in [0.4, 0.5) is 0 Å². The molecule has 0 amide bonds. The number of rotatable bonds is 4. The molecule has 0 saturated heterocycles. The third-order valence-electron chi connectivity index (χ3n) is 3.72. The van der Waals surface area contributed by atoms with Crippen LogP contribution in [0, 0.1) is 17.2 Å². The molecule has 20 heavy (non-hydrogen) atoms. The molecule has 3 nitrogen and oxygen atoms in total. The van der Waals surface area contributed by atoms with Crippen molar-refractivity contribution in [2.24, 2.45) is 5.92 Å². The third kappa shape index (κ3) is 3.76. The van der Waals surface area contributed by atoms with Gasteiger partial charge in [0.1, 0.15) is 10.8 Å². The lowest BCUT2D eigenvalue weighted by atomic mass is 9.97. The first-order chi connectivity index (χ1) is 9.41. The Hall–Kier alpha value is -0.540. The fraction of sp³-hybridized carbons (Fsp3) is 0.667. The van der Waals surface area contributed by atoms with Gasteiger partial charge >= 0.3 is 0 Å². The Labute approximate surface area is 128 Å². The van der Waals surface area contributed by atoms with Crippen LogP contribution in [0.1, 0.15) is 62.9 Å². The lowest BCUT2D eigenvalue weighted by molar-refractivity contribution is 0.410. The molecule has 0 bridgehead atoms. The van der Waals surface area contributed by atoms with Crippen LogP contribution in [0.25, 0.3) is 0 Å². The van der Waals surface area contributed by atoms with Crippen molar-refractivity contribution < 1.29 is 4.55 Å². The van der Waals surface area contributed by atoms with Gasteiger partial charge < -0.3 is 4.55 Å². The van der Waals surface area contributed by atoms with E-state index in [0.29, 0.717) is 11.5 Å². The summed E-state index contributed by atoms with van der Waals surface area (Å²) in [6, 6.07) is 4.24. The van der Waals surface area contributed by atoms with Crippen molar-refractivity contribution in [2.45, 2.75) is 57.2 Å². The zero-order valence-corrected chi connectivity index (χ0v) is 13.9. The largest absolute Gasteiger partial charge is 0.598 e. The number of thiophene rings is 1. The minimum atomic E-state index is -1.08. The summed E-state index contributed by atoms with van der Waals surface area (Å²) in [6.07, 6.45) is 4.86. The summed E-state index contributed by atoms with van der Waals surface area (Å²) >= 11 is 0.519. The maximum atomic E-state index is 12.4. The molecule has 1 heterocycles. The van der Waals surface area contributed by atoms with Crippen molar-refractivity contribution in [3.63, 3.8) is 0 Å². The molecule has 0 spiro atoms. The van der Waals surface area contributed by atoms with E-state index in [1.165, 1.54) is 25.7 Å². The van der Waals surface area contributed by atoms with Gasteiger partial charge in [0.25, 0.3) is 0 Å². The summed E-state index contributed by atoms with van der Waals surface area (Å²) in [7, 11) is 0. The predicted molar refractivity (Wildman–Crippen MR) is 84.8 cm³/mol. The molecule has 0 aromatic carbocycles. The van der Waals surface area contributed by atoms with E-state index in [4.69, 9.17) is 5.26 Å². The van der Waals surface area contributed by atoms with Crippen molar-refractivity contribution in [2.75, 3.05) is 0 Å². The zero-order chi connectivity index (χ0) is 14.8. The second-order valence-electron chi connectivity index (χ2n) is 6.37. The lowest BCUT2D eigenvalue weighted by Gasteiger charge is -2.30. The van der Waals surface area contributed by atoms with Gasteiger partial charge in [-0.3, -0.25) is 0 Å². The Balaban J connectivity index is 2.18. The highest BCUT2D eigenvalue weighted by molar-refractivity contribution is 7.90. The first kappa shape index (κ1) is 15.8. The van der Waals surface area contributed by atoms with E-state index in [1.54, 1.807) is 11.3 Å². The maximum Gasteiger partial charge on any atom is 0.136 e. The van der Waals surface area contributed by atoms with E-state index in [9.17, 15) is 4.55 Å². The molecule has 0 radical (unpaired) electrons. The fourth-order valence-electron chi connectivity index (χ4n) is 2.54. The van der Waals surface area contributed by atoms with Gasteiger partial charge in [0, 0.05) is 21.6 Å². The molecule has 1 aromatic rings. The fourth-order valence-corrected chi connectivity index (χ4v) is 4.50. The molecule has 1 aliphatic rings. The van der Waals surface area contributed by atoms with Gasteiger partial charge in [-0.25, -0.2) is 0 Å². The van der Waals surface area contributed by atoms with Crippen molar-refractivity contribution >= 4 is 22.7 Å². The second-order valence-corrected chi connectivity index (χ2v) is 9.31. The van der Waals surface area contributed by atoms with Crippen molar-refractivity contribution in [1.29, 1.82) is 5.26 Å². The van der Waals surface area contributed by atoms with E-state index in [0.717, 1.165) is 4.88 Å². The molecule has 1 fully saturated rings. The van der Waals surface area contributed by atoms with Crippen LogP contribution in [-0.4, -0.2) is 9.30 Å². The molecule has 2 atom stereocenters. The molecule has 2 rings (SSSR count). The smallest absolute Gasteiger partial charge is 0.136 e. The average molecular weight is 310 g/mol. The zero-order valence-electron chi connectivity index (χ0n) is 12.3. The molecule has 5 heteroatoms. The highest BCUT2D eigenvalue weighted by atomic mass is 32.2. The minimum Gasteiger partial charge on any atom is -0.598 e. The van der Waals surface area contributed by atoms with Crippen LogP contribution >= 0.6 is 11.3 Å². The second kappa shape index (κ2) is 6.48. The highest BCUT2D eigenvalue weighted by Gasteiger charge is 2.35. The standard InChI is InChI=1S/C15H22N2OS2/c1-15(2,3)20(18)17-14(12-6-4-5-7-12)13-8-11(9-16)10-19-13/h8,10,12,14,17H,4-7H2,1-3H3/t14?,20-/m0/s1. The van der Waals surface area contributed by atoms with Crippen molar-refractivity contribution in [3.8, 4) is 6.07 Å². The van der Waals surface area contributed by atoms with Crippen LogP contribution in [0.5, 0.6) is 0 Å². The summed E-state index contributed by atoms with van der Waals surface area (Å²) in [5.41, 5.74) is 0.705. The maximum absolute atomic E-state index is 12.4. The van der Waals surface area contributed by atoms with Gasteiger partial charge in [0.05, 0.1) is 11.6 Å². The molecule has 1 saturated carbocycles. The van der Waals surface area contributed by atoms with Crippen molar-refractivity contribution in [1.82, 2.24) is 4.72 Å². The molecular formula is C15H22N2OS2. The van der Waals surface area contributed by atoms with Crippen LogP contribution in [0.3, 0.4) is 0 Å². The summed E-state index contributed by atoms with van der Waals surface area (Å²) in [6.45, 7) is 5.95. The molecule has 1 aliphatic carbocycles. The van der Waals surface area contributed by atoms with Gasteiger partial charge in [0.15, 0.2) is 0 Å². The molecule has 1 N–H and O–H groups in total. The Kier molecular flexibility index (Phi) is 5.14. The summed E-state index contributed by atoms with van der Waals surface area (Å²) < 4.78 is 15.5. The van der Waals surface area contributed by atoms with E-state index in [1.807, 2.05) is 32.2 Å². The Morgan fingerprint density at radius 3 is 2.60 bits per heavy atom. The number of hydrogen-bond acceptors (Lipinski definition) is 4. The van der Waals surface area contributed by atoms with E-state index < -0.39 is 11.4 Å². The van der Waals surface area contributed by atoms with Gasteiger partial charge in [-0.1, -0.05) is 12.8 Å². The number of nitrogens with one attached hydrogen (secondary N) is 1. The number of hydrogen-bond donors (Lipinski definition) is 1. The van der Waals surface area contributed by atoms with Gasteiger partial charge in [-0.05, 0) is 45.6 Å². The molecular weight excluding hydrogens is 288 g/mol. The van der Waals surface area contributed by atoms with Crippen LogP contribution in [0.15, 0.2) is 11.4 Å². The van der Waals surface area contributed by atoms with Gasteiger partial charge in [-0.15, -0.1) is 16.1 Å². The lowest BCUT2D eigenvalue weighted by Crippen LogP contribution is -2.42. The van der Waals surface area contributed by atoms with Crippen molar-refractivity contribution in [3.05, 3.63) is 21.9 Å². The van der Waals surface area contributed by atoms with Crippen LogP contribution < -0.4 is 4.72 Å². The van der Waals surface area contributed by atoms with Gasteiger partial charge in [-0.2, -0.15) is 5.26 Å². The third-order valence-corrected chi connectivity index (χ3v) is 6.31. The van der Waals surface area contributed by atoms with E-state index in [-0.39, 0.29) is 10.8 Å². The first-order valence-electron chi connectivity index (χ1n) is 7.08. The van der Waals surface area contributed by atoms with Crippen LogP contribution in [0.2, 0.25) is 0 Å². The highest BCUT2D eigenvalue weighted by Crippen LogP contribution is 2.39. The molecule has 1 unspecified atom stereocenters. The topological polar surface area (TPSA) is 58.9 Å². The predicted octanol–water partition coefficient (Wildman–Crippen LogP) is 3.90. The Bertz CT molecular complexity index is 481. The molecule has 0 aliphatic heterocycles. The summed E-state index contributed by atoms with van der Waals surface area (Å²) in [5.74, 6) is 0.534. The SMILES string of the molecule is CC(C)(C)[S@+]([O-])NC(c1cc(C#N)cs1)C1CCCC1. The van der Waals surface area contributed by atoms with E-state index >= 15 is 0 Å². The molecule has 1 aromatic heterocycles. The van der Waals surface area contributed by atoms with Gasteiger partial charge in [0.2, 0.25) is 0 Å². The monoisotopic (exact) mass is 310 g/mol. The number of nitriles is 1. The van der Waals surface area contributed by atoms with E-state index in [2.05, 4.69) is 10.8 Å². The normalized spacial score (nSPS) is 19.8. The number of nitrogens with zero attached hydrogens (tertiary/aromatic N) is 1. The first-order valence-corrected chi connectivity index (χ1v) is 9.11. The minimum absolute atomic E-state index is 0.115. The Morgan fingerprint density at radius 2 is 2.10 bits per heavy atom. The summed E-state index contributed by atoms with van der Waals surface area (Å²) in [4.78, 5) is 1.14. The van der Waals surface area contributed by atoms with Crippen LogP contribution in [-0.2, 0) is 11.4 Å². The Morgan fingerprint density at radius 1 is 1.45 bits per heavy atom. The average Bonchev–Trinajstić information content (AvgIpc) is 3.05. The quantitative estimate of drug-likeness (QED) is 0.858. The summed E-state index contributed by atoms with van der Waals surface area (Å²) in [5, 5.41) is 10.9. The molecule has 110 valence electrons.